The highest BCUT2D eigenvalue weighted by molar-refractivity contribution is 8.71. The third-order valence-corrected chi connectivity index (χ3v) is 13.7. The maximum Gasteiger partial charge on any atom is 0.221 e. The molecule has 1 unspecified atom stereocenters. The van der Waals surface area contributed by atoms with Gasteiger partial charge in [-0.05, 0) is 56.3 Å². The summed E-state index contributed by atoms with van der Waals surface area (Å²) in [6, 6.07) is 0. The van der Waals surface area contributed by atoms with Crippen LogP contribution >= 0.6 is 16.6 Å². The molecule has 0 fully saturated rings. The summed E-state index contributed by atoms with van der Waals surface area (Å²) in [5.74, 6) is 2.14. The standard InChI is InChI=1S/C25H52NO2PS2/c1-6-17-28-18-13-16-24(25(26)27)21-31-29(30,19-11-7-9-14-22(2)3)20-12-8-10-15-23(4)5/h22-24H,6-21H2,1-5H3,(H2,26,27). The molecule has 186 valence electrons. The summed E-state index contributed by atoms with van der Waals surface area (Å²) in [5.41, 5.74) is 5.73. The van der Waals surface area contributed by atoms with Gasteiger partial charge < -0.3 is 10.5 Å². The van der Waals surface area contributed by atoms with Crippen molar-refractivity contribution < 1.29 is 9.53 Å². The van der Waals surface area contributed by atoms with E-state index in [1.54, 1.807) is 0 Å². The molecule has 3 nitrogen and oxygen atoms in total. The first kappa shape index (κ1) is 31.4. The molecule has 2 N–H and O–H groups in total. The number of rotatable bonds is 22. The molecule has 0 aliphatic heterocycles. The van der Waals surface area contributed by atoms with Crippen molar-refractivity contribution in [1.29, 1.82) is 0 Å². The Morgan fingerprint density at radius 2 is 1.42 bits per heavy atom. The largest absolute Gasteiger partial charge is 0.381 e. The van der Waals surface area contributed by atoms with Crippen LogP contribution in [0.3, 0.4) is 0 Å². The van der Waals surface area contributed by atoms with E-state index in [1.165, 1.54) is 63.7 Å². The van der Waals surface area contributed by atoms with Crippen LogP contribution in [0.5, 0.6) is 0 Å². The molecule has 1 amide bonds. The van der Waals surface area contributed by atoms with E-state index in [0.717, 1.165) is 50.1 Å². The highest BCUT2D eigenvalue weighted by Gasteiger charge is 2.22. The summed E-state index contributed by atoms with van der Waals surface area (Å²) in [7, 11) is 0. The Morgan fingerprint density at radius 3 is 1.87 bits per heavy atom. The van der Waals surface area contributed by atoms with Crippen LogP contribution in [-0.2, 0) is 21.3 Å². The molecule has 1 atom stereocenters. The van der Waals surface area contributed by atoms with Crippen molar-refractivity contribution in [3.63, 3.8) is 0 Å². The van der Waals surface area contributed by atoms with Crippen LogP contribution in [0.4, 0.5) is 0 Å². The topological polar surface area (TPSA) is 52.3 Å². The second kappa shape index (κ2) is 19.9. The fourth-order valence-corrected chi connectivity index (χ4v) is 10.5. The lowest BCUT2D eigenvalue weighted by molar-refractivity contribution is -0.121. The third kappa shape index (κ3) is 19.6. The lowest BCUT2D eigenvalue weighted by atomic mass is 10.1. The zero-order valence-corrected chi connectivity index (χ0v) is 23.7. The number of ether oxygens (including phenoxy) is 1. The normalized spacial score (nSPS) is 13.3. The molecular weight excluding hydrogens is 441 g/mol. The van der Waals surface area contributed by atoms with Gasteiger partial charge in [0.25, 0.3) is 0 Å². The monoisotopic (exact) mass is 493 g/mol. The van der Waals surface area contributed by atoms with Gasteiger partial charge >= 0.3 is 0 Å². The van der Waals surface area contributed by atoms with Gasteiger partial charge in [-0.2, -0.15) is 0 Å². The molecule has 0 bridgehead atoms. The minimum absolute atomic E-state index is 0.0700. The number of hydrogen-bond acceptors (Lipinski definition) is 4. The summed E-state index contributed by atoms with van der Waals surface area (Å²) in [6.45, 7) is 12.8. The molecule has 0 aliphatic rings. The Morgan fingerprint density at radius 1 is 0.871 bits per heavy atom. The Labute approximate surface area is 203 Å². The predicted octanol–water partition coefficient (Wildman–Crippen LogP) is 7.86. The van der Waals surface area contributed by atoms with Crippen LogP contribution in [0.2, 0.25) is 0 Å². The van der Waals surface area contributed by atoms with Gasteiger partial charge in [-0.25, -0.2) is 0 Å². The molecule has 0 aromatic heterocycles. The average Bonchev–Trinajstić information content (AvgIpc) is 2.69. The number of unbranched alkanes of at least 4 members (excludes halogenated alkanes) is 4. The highest BCUT2D eigenvalue weighted by Crippen LogP contribution is 2.60. The quantitative estimate of drug-likeness (QED) is 0.123. The van der Waals surface area contributed by atoms with Crippen LogP contribution in [-0.4, -0.2) is 37.2 Å². The smallest absolute Gasteiger partial charge is 0.221 e. The third-order valence-electron chi connectivity index (χ3n) is 5.66. The maximum atomic E-state index is 12.0. The van der Waals surface area contributed by atoms with Gasteiger partial charge in [0.2, 0.25) is 5.91 Å². The lowest BCUT2D eigenvalue weighted by Gasteiger charge is -2.24. The molecule has 6 heteroatoms. The number of hydrogen-bond donors (Lipinski definition) is 1. The molecule has 0 heterocycles. The zero-order chi connectivity index (χ0) is 23.5. The molecule has 0 radical (unpaired) electrons. The zero-order valence-electron chi connectivity index (χ0n) is 21.2. The summed E-state index contributed by atoms with van der Waals surface area (Å²) in [6.07, 6.45) is 15.4. The Kier molecular flexibility index (Phi) is 20.1. The fourth-order valence-electron chi connectivity index (χ4n) is 3.62. The van der Waals surface area contributed by atoms with E-state index in [2.05, 4.69) is 34.6 Å². The van der Waals surface area contributed by atoms with Crippen molar-refractivity contribution >= 4 is 34.3 Å². The van der Waals surface area contributed by atoms with E-state index in [1.807, 2.05) is 11.4 Å². The van der Waals surface area contributed by atoms with E-state index >= 15 is 0 Å². The molecule has 31 heavy (non-hydrogen) atoms. The molecule has 0 aromatic rings. The van der Waals surface area contributed by atoms with Crippen LogP contribution < -0.4 is 5.73 Å². The number of carbonyl (C=O) groups excluding carboxylic acids is 1. The van der Waals surface area contributed by atoms with Crippen LogP contribution in [0.25, 0.3) is 0 Å². The first-order valence-corrected chi connectivity index (χ1v) is 17.6. The Bertz CT molecular complexity index is 464. The minimum Gasteiger partial charge on any atom is -0.381 e. The average molecular weight is 494 g/mol. The van der Waals surface area contributed by atoms with Gasteiger partial charge in [0, 0.05) is 30.1 Å². The SMILES string of the molecule is CCCOCCCC(CSP(=S)(CCCCCC(C)C)CCCCCC(C)C)C(N)=O. The van der Waals surface area contributed by atoms with Gasteiger partial charge in [-0.1, -0.05) is 85.0 Å². The van der Waals surface area contributed by atoms with Gasteiger partial charge in [0.1, 0.15) is 0 Å². The number of primary amides is 1. The fraction of sp³-hybridized carbons (Fsp3) is 0.960. The van der Waals surface area contributed by atoms with E-state index in [-0.39, 0.29) is 11.8 Å². The van der Waals surface area contributed by atoms with Gasteiger partial charge in [0.05, 0.1) is 0 Å². The molecule has 0 spiro atoms. The van der Waals surface area contributed by atoms with E-state index in [0.29, 0.717) is 0 Å². The second-order valence-corrected chi connectivity index (χ2v) is 18.7. The molecular formula is C25H52NO2PS2. The molecule has 0 aromatic carbocycles. The summed E-state index contributed by atoms with van der Waals surface area (Å²) < 4.78 is 5.57. The minimum atomic E-state index is -1.48. The lowest BCUT2D eigenvalue weighted by Crippen LogP contribution is -2.25. The Balaban J connectivity index is 4.60. The molecule has 0 aliphatic carbocycles. The summed E-state index contributed by atoms with van der Waals surface area (Å²) >= 11 is 8.22. The molecule has 0 saturated carbocycles. The van der Waals surface area contributed by atoms with Crippen LogP contribution in [0.1, 0.15) is 105 Å². The molecule has 0 rings (SSSR count). The van der Waals surface area contributed by atoms with Crippen molar-refractivity contribution in [3.05, 3.63) is 0 Å². The first-order valence-electron chi connectivity index (χ1n) is 12.8. The van der Waals surface area contributed by atoms with E-state index < -0.39 is 5.24 Å². The van der Waals surface area contributed by atoms with E-state index in [9.17, 15) is 4.79 Å². The van der Waals surface area contributed by atoms with Crippen molar-refractivity contribution in [1.82, 2.24) is 0 Å². The summed E-state index contributed by atoms with van der Waals surface area (Å²) in [4.78, 5) is 12.0. The summed E-state index contributed by atoms with van der Waals surface area (Å²) in [5, 5.41) is -1.48. The van der Waals surface area contributed by atoms with Gasteiger partial charge in [-0.15, -0.1) is 11.4 Å². The van der Waals surface area contributed by atoms with Crippen molar-refractivity contribution in [2.24, 2.45) is 23.5 Å². The van der Waals surface area contributed by atoms with Crippen molar-refractivity contribution in [2.45, 2.75) is 105 Å². The first-order chi connectivity index (χ1) is 14.7. The van der Waals surface area contributed by atoms with Crippen molar-refractivity contribution in [2.75, 3.05) is 31.3 Å². The van der Waals surface area contributed by atoms with Crippen molar-refractivity contribution in [3.8, 4) is 0 Å². The Hall–Kier alpha value is 0.430. The highest BCUT2D eigenvalue weighted by atomic mass is 32.9. The number of amides is 1. The van der Waals surface area contributed by atoms with E-state index in [4.69, 9.17) is 22.3 Å². The number of nitrogens with two attached hydrogens (primary N) is 1. The van der Waals surface area contributed by atoms with Gasteiger partial charge in [0.15, 0.2) is 0 Å². The van der Waals surface area contributed by atoms with Crippen LogP contribution in [0.15, 0.2) is 0 Å². The second-order valence-electron chi connectivity index (χ2n) is 9.90. The predicted molar refractivity (Wildman–Crippen MR) is 146 cm³/mol. The molecule has 0 saturated heterocycles. The van der Waals surface area contributed by atoms with Crippen LogP contribution in [0, 0.1) is 17.8 Å². The maximum absolute atomic E-state index is 12.0. The van der Waals surface area contributed by atoms with Gasteiger partial charge in [-0.3, -0.25) is 4.79 Å². The number of carbonyl (C=O) groups is 1.